The molecule has 0 unspecified atom stereocenters. The molecule has 1 fully saturated rings. The lowest BCUT2D eigenvalue weighted by Gasteiger charge is -2.31. The van der Waals surface area contributed by atoms with Crippen LogP contribution in [0.3, 0.4) is 0 Å². The number of halogens is 4. The molecule has 6 nitrogen and oxygen atoms in total. The third kappa shape index (κ3) is 4.65. The van der Waals surface area contributed by atoms with Gasteiger partial charge < -0.3 is 5.32 Å². The summed E-state index contributed by atoms with van der Waals surface area (Å²) in [7, 11) is 0. The van der Waals surface area contributed by atoms with Crippen molar-refractivity contribution in [2.45, 2.75) is 25.1 Å². The van der Waals surface area contributed by atoms with Crippen LogP contribution in [0.25, 0.3) is 11.0 Å². The third-order valence-electron chi connectivity index (χ3n) is 5.20. The molecule has 0 spiro atoms. The van der Waals surface area contributed by atoms with Gasteiger partial charge in [-0.25, -0.2) is 4.68 Å². The third-order valence-corrected chi connectivity index (χ3v) is 5.73. The fourth-order valence-corrected chi connectivity index (χ4v) is 3.91. The van der Waals surface area contributed by atoms with Crippen molar-refractivity contribution in [3.8, 4) is 0 Å². The van der Waals surface area contributed by atoms with Crippen molar-refractivity contribution in [1.29, 1.82) is 0 Å². The maximum atomic E-state index is 12.9. The van der Waals surface area contributed by atoms with Gasteiger partial charge >= 0.3 is 6.18 Å². The molecular weight excluding hydrogens is 463 g/mol. The average Bonchev–Trinajstić information content (AvgIpc) is 3.13. The van der Waals surface area contributed by atoms with Crippen molar-refractivity contribution in [2.75, 3.05) is 25.0 Å². The normalized spacial score (nSPS) is 16.1. The van der Waals surface area contributed by atoms with Gasteiger partial charge in [-0.05, 0) is 55.3 Å². The fourth-order valence-electron chi connectivity index (χ4n) is 3.65. The van der Waals surface area contributed by atoms with Gasteiger partial charge in [-0.1, -0.05) is 21.1 Å². The van der Waals surface area contributed by atoms with Crippen LogP contribution in [0.4, 0.5) is 18.9 Å². The first-order valence-electron chi connectivity index (χ1n) is 9.49. The molecule has 0 aliphatic carbocycles. The molecule has 0 saturated carbocycles. The Morgan fingerprint density at radius 3 is 2.50 bits per heavy atom. The van der Waals surface area contributed by atoms with Crippen LogP contribution < -0.4 is 5.32 Å². The monoisotopic (exact) mass is 481 g/mol. The number of amides is 1. The van der Waals surface area contributed by atoms with Crippen molar-refractivity contribution in [1.82, 2.24) is 19.9 Å². The van der Waals surface area contributed by atoms with Gasteiger partial charge in [0.2, 0.25) is 5.91 Å². The van der Waals surface area contributed by atoms with Crippen LogP contribution >= 0.6 is 15.9 Å². The number of anilines is 1. The topological polar surface area (TPSA) is 63.1 Å². The SMILES string of the molecule is O=C(CN1CCC(n2nnc3cc(C(F)(F)F)ccc32)CC1)Nc1ccc(Br)cc1. The molecule has 2 aromatic carbocycles. The van der Waals surface area contributed by atoms with E-state index in [2.05, 4.69) is 36.5 Å². The molecule has 1 N–H and O–H groups in total. The zero-order valence-electron chi connectivity index (χ0n) is 15.9. The van der Waals surface area contributed by atoms with E-state index in [0.29, 0.717) is 18.6 Å². The summed E-state index contributed by atoms with van der Waals surface area (Å²) in [4.78, 5) is 14.3. The molecule has 4 rings (SSSR count). The van der Waals surface area contributed by atoms with Crippen LogP contribution in [0, 0.1) is 0 Å². The molecule has 1 aliphatic rings. The zero-order chi connectivity index (χ0) is 21.3. The predicted molar refractivity (Wildman–Crippen MR) is 110 cm³/mol. The standard InChI is InChI=1S/C20H19BrF3N5O/c21-14-2-4-15(5-3-14)25-19(30)12-28-9-7-16(8-10-28)29-18-6-1-13(20(22,23)24)11-17(18)26-27-29/h1-6,11,16H,7-10,12H2,(H,25,30). The molecule has 2 heterocycles. The summed E-state index contributed by atoms with van der Waals surface area (Å²) < 4.78 is 41.3. The number of alkyl halides is 3. The van der Waals surface area contributed by atoms with Gasteiger partial charge in [0.05, 0.1) is 23.7 Å². The summed E-state index contributed by atoms with van der Waals surface area (Å²) in [5.74, 6) is -0.0818. The summed E-state index contributed by atoms with van der Waals surface area (Å²) in [5, 5.41) is 10.9. The van der Waals surface area contributed by atoms with E-state index in [4.69, 9.17) is 0 Å². The lowest BCUT2D eigenvalue weighted by molar-refractivity contribution is -0.137. The van der Waals surface area contributed by atoms with E-state index in [1.54, 1.807) is 4.68 Å². The first-order chi connectivity index (χ1) is 14.3. The highest BCUT2D eigenvalue weighted by molar-refractivity contribution is 9.10. The first kappa shape index (κ1) is 20.8. The summed E-state index contributed by atoms with van der Waals surface area (Å²) in [6, 6.07) is 10.9. The Kier molecular flexibility index (Phi) is 5.79. The van der Waals surface area contributed by atoms with E-state index in [1.807, 2.05) is 24.3 Å². The summed E-state index contributed by atoms with van der Waals surface area (Å²) in [6.07, 6.45) is -2.92. The first-order valence-corrected chi connectivity index (χ1v) is 10.3. The molecule has 158 valence electrons. The van der Waals surface area contributed by atoms with E-state index in [1.165, 1.54) is 6.07 Å². The maximum Gasteiger partial charge on any atom is 0.416 e. The largest absolute Gasteiger partial charge is 0.416 e. The second-order valence-electron chi connectivity index (χ2n) is 7.30. The molecule has 1 saturated heterocycles. The van der Waals surface area contributed by atoms with Crippen LogP contribution in [0.1, 0.15) is 24.4 Å². The predicted octanol–water partition coefficient (Wildman–Crippen LogP) is 4.49. The molecule has 30 heavy (non-hydrogen) atoms. The lowest BCUT2D eigenvalue weighted by atomic mass is 10.0. The smallest absolute Gasteiger partial charge is 0.325 e. The fraction of sp³-hybridized carbons (Fsp3) is 0.350. The van der Waals surface area contributed by atoms with Crippen molar-refractivity contribution in [2.24, 2.45) is 0 Å². The van der Waals surface area contributed by atoms with E-state index in [0.717, 1.165) is 35.1 Å². The van der Waals surface area contributed by atoms with Gasteiger partial charge in [-0.2, -0.15) is 13.2 Å². The minimum absolute atomic E-state index is 0.0394. The Morgan fingerprint density at radius 1 is 1.13 bits per heavy atom. The van der Waals surface area contributed by atoms with Gasteiger partial charge in [-0.3, -0.25) is 9.69 Å². The number of piperidine rings is 1. The van der Waals surface area contributed by atoms with E-state index in [-0.39, 0.29) is 24.0 Å². The highest BCUT2D eigenvalue weighted by Gasteiger charge is 2.31. The number of aromatic nitrogens is 3. The molecule has 0 bridgehead atoms. The Hall–Kier alpha value is -2.46. The molecule has 10 heteroatoms. The number of fused-ring (bicyclic) bond motifs is 1. The maximum absolute atomic E-state index is 12.9. The van der Waals surface area contributed by atoms with Crippen molar-refractivity contribution in [3.63, 3.8) is 0 Å². The van der Waals surface area contributed by atoms with E-state index < -0.39 is 11.7 Å². The Bertz CT molecular complexity index is 1040. The van der Waals surface area contributed by atoms with Gasteiger partial charge in [0.15, 0.2) is 0 Å². The lowest BCUT2D eigenvalue weighted by Crippen LogP contribution is -2.39. The zero-order valence-corrected chi connectivity index (χ0v) is 17.4. The van der Waals surface area contributed by atoms with Gasteiger partial charge in [0.1, 0.15) is 5.52 Å². The number of hydrogen-bond donors (Lipinski definition) is 1. The number of likely N-dealkylation sites (tertiary alicyclic amines) is 1. The van der Waals surface area contributed by atoms with Crippen LogP contribution in [0.2, 0.25) is 0 Å². The Labute approximate surface area is 179 Å². The minimum atomic E-state index is -4.40. The summed E-state index contributed by atoms with van der Waals surface area (Å²) >= 11 is 3.36. The number of carbonyl (C=O) groups excluding carboxylic acids is 1. The van der Waals surface area contributed by atoms with E-state index >= 15 is 0 Å². The molecule has 3 aromatic rings. The van der Waals surface area contributed by atoms with E-state index in [9.17, 15) is 18.0 Å². The number of nitrogens with zero attached hydrogens (tertiary/aromatic N) is 4. The highest BCUT2D eigenvalue weighted by Crippen LogP contribution is 2.32. The Balaban J connectivity index is 1.35. The summed E-state index contributed by atoms with van der Waals surface area (Å²) in [5.41, 5.74) is 0.842. The number of benzene rings is 2. The molecule has 0 radical (unpaired) electrons. The number of nitrogens with one attached hydrogen (secondary N) is 1. The Morgan fingerprint density at radius 2 is 1.83 bits per heavy atom. The average molecular weight is 482 g/mol. The minimum Gasteiger partial charge on any atom is -0.325 e. The van der Waals surface area contributed by atoms with Crippen molar-refractivity contribution >= 4 is 38.6 Å². The molecule has 1 aliphatic heterocycles. The summed E-state index contributed by atoms with van der Waals surface area (Å²) in [6.45, 7) is 1.68. The van der Waals surface area contributed by atoms with Crippen LogP contribution in [-0.4, -0.2) is 45.4 Å². The van der Waals surface area contributed by atoms with Gasteiger partial charge in [0, 0.05) is 23.2 Å². The quantitative estimate of drug-likeness (QED) is 0.596. The van der Waals surface area contributed by atoms with Crippen LogP contribution in [-0.2, 0) is 11.0 Å². The number of rotatable bonds is 4. The second kappa shape index (κ2) is 8.35. The molecule has 1 amide bonds. The second-order valence-corrected chi connectivity index (χ2v) is 8.21. The molecule has 1 aromatic heterocycles. The molecular formula is C20H19BrF3N5O. The highest BCUT2D eigenvalue weighted by atomic mass is 79.9. The number of carbonyl (C=O) groups is 1. The van der Waals surface area contributed by atoms with Crippen LogP contribution in [0.5, 0.6) is 0 Å². The van der Waals surface area contributed by atoms with Crippen LogP contribution in [0.15, 0.2) is 46.9 Å². The van der Waals surface area contributed by atoms with Crippen molar-refractivity contribution < 1.29 is 18.0 Å². The van der Waals surface area contributed by atoms with Crippen molar-refractivity contribution in [3.05, 3.63) is 52.5 Å². The van der Waals surface area contributed by atoms with Gasteiger partial charge in [0.25, 0.3) is 0 Å². The van der Waals surface area contributed by atoms with Gasteiger partial charge in [-0.15, -0.1) is 5.10 Å². The molecule has 0 atom stereocenters. The number of hydrogen-bond acceptors (Lipinski definition) is 4.